The highest BCUT2D eigenvalue weighted by Gasteiger charge is 2.09. The lowest BCUT2D eigenvalue weighted by Gasteiger charge is -2.00. The Balaban J connectivity index is 0.000000243. The van der Waals surface area contributed by atoms with Crippen molar-refractivity contribution in [1.29, 1.82) is 0 Å². The summed E-state index contributed by atoms with van der Waals surface area (Å²) in [5.41, 5.74) is 6.88. The van der Waals surface area contributed by atoms with Gasteiger partial charge in [0.1, 0.15) is 0 Å². The highest BCUT2D eigenvalue weighted by molar-refractivity contribution is 5.95. The number of esters is 2. The summed E-state index contributed by atoms with van der Waals surface area (Å²) >= 11 is 0. The maximum atomic E-state index is 11.1. The second-order valence-electron chi connectivity index (χ2n) is 4.29. The number of ether oxygens (including phenoxy) is 2. The van der Waals surface area contributed by atoms with Crippen molar-refractivity contribution >= 4 is 29.4 Å². The molecule has 0 spiro atoms. The summed E-state index contributed by atoms with van der Waals surface area (Å²) in [6, 6.07) is 13.2. The third-order valence-corrected chi connectivity index (χ3v) is 2.84. The number of carbonyl (C=O) groups is 2. The fourth-order valence-electron chi connectivity index (χ4n) is 1.70. The number of isocyanates is 1. The topological polar surface area (TPSA) is 108 Å². The van der Waals surface area contributed by atoms with Crippen LogP contribution in [0.1, 0.15) is 20.7 Å². The summed E-state index contributed by atoms with van der Waals surface area (Å²) < 4.78 is 8.99. The van der Waals surface area contributed by atoms with E-state index in [4.69, 9.17) is 5.73 Å². The second-order valence-corrected chi connectivity index (χ2v) is 4.29. The molecule has 0 aliphatic carbocycles. The molecular weight excluding hydrogens is 312 g/mol. The summed E-state index contributed by atoms with van der Waals surface area (Å²) in [5.74, 6) is -0.919. The zero-order chi connectivity index (χ0) is 17.9. The van der Waals surface area contributed by atoms with E-state index in [0.717, 1.165) is 0 Å². The molecule has 0 amide bonds. The molecule has 0 aliphatic rings. The number of rotatable bonds is 3. The number of para-hydroxylation sites is 2. The van der Waals surface area contributed by atoms with Crippen molar-refractivity contribution < 1.29 is 23.9 Å². The molecule has 0 radical (unpaired) electrons. The smallest absolute Gasteiger partial charge is 0.340 e. The number of benzene rings is 2. The molecule has 2 aromatic rings. The third-order valence-electron chi connectivity index (χ3n) is 2.84. The van der Waals surface area contributed by atoms with E-state index < -0.39 is 11.9 Å². The predicted octanol–water partition coefficient (Wildman–Crippen LogP) is 2.50. The Labute approximate surface area is 138 Å². The van der Waals surface area contributed by atoms with Crippen molar-refractivity contribution in [2.24, 2.45) is 4.99 Å². The fourth-order valence-corrected chi connectivity index (χ4v) is 1.70. The van der Waals surface area contributed by atoms with Crippen molar-refractivity contribution in [2.75, 3.05) is 20.0 Å². The molecule has 24 heavy (non-hydrogen) atoms. The van der Waals surface area contributed by atoms with Gasteiger partial charge in [-0.25, -0.2) is 14.4 Å². The third kappa shape index (κ3) is 5.08. The summed E-state index contributed by atoms with van der Waals surface area (Å²) in [6.07, 6.45) is 1.37. The van der Waals surface area contributed by atoms with Crippen LogP contribution in [0.3, 0.4) is 0 Å². The largest absolute Gasteiger partial charge is 0.465 e. The lowest BCUT2D eigenvalue weighted by atomic mass is 10.2. The molecule has 0 bridgehead atoms. The van der Waals surface area contributed by atoms with Crippen LogP contribution >= 0.6 is 0 Å². The maximum absolute atomic E-state index is 11.1. The Bertz CT molecular complexity index is 767. The highest BCUT2D eigenvalue weighted by atomic mass is 16.5. The lowest BCUT2D eigenvalue weighted by Crippen LogP contribution is -2.04. The molecule has 0 fully saturated rings. The average molecular weight is 328 g/mol. The van der Waals surface area contributed by atoms with Crippen LogP contribution in [0.15, 0.2) is 53.5 Å². The van der Waals surface area contributed by atoms with Crippen molar-refractivity contribution in [3.8, 4) is 0 Å². The molecule has 0 aliphatic heterocycles. The average Bonchev–Trinajstić information content (AvgIpc) is 2.62. The molecular formula is C17H16N2O5. The number of carbonyl (C=O) groups excluding carboxylic acids is 3. The van der Waals surface area contributed by atoms with Gasteiger partial charge in [-0.1, -0.05) is 24.3 Å². The monoisotopic (exact) mass is 328 g/mol. The van der Waals surface area contributed by atoms with Gasteiger partial charge < -0.3 is 15.2 Å². The first-order valence-corrected chi connectivity index (χ1v) is 6.73. The van der Waals surface area contributed by atoms with Crippen LogP contribution in [-0.2, 0) is 14.3 Å². The molecule has 0 atom stereocenters. The zero-order valence-corrected chi connectivity index (χ0v) is 13.2. The predicted molar refractivity (Wildman–Crippen MR) is 87.8 cm³/mol. The van der Waals surface area contributed by atoms with E-state index in [1.54, 1.807) is 36.4 Å². The van der Waals surface area contributed by atoms with Gasteiger partial charge in [-0.05, 0) is 24.3 Å². The van der Waals surface area contributed by atoms with E-state index in [-0.39, 0.29) is 11.3 Å². The Morgan fingerprint density at radius 3 is 1.96 bits per heavy atom. The summed E-state index contributed by atoms with van der Waals surface area (Å²) in [6.45, 7) is 0. The Hall–Kier alpha value is -3.44. The SMILES string of the molecule is COC(=O)c1ccccc1N.COC(=O)c1ccccc1N=C=O. The molecule has 0 unspecified atom stereocenters. The van der Waals surface area contributed by atoms with Crippen molar-refractivity contribution in [3.63, 3.8) is 0 Å². The standard InChI is InChI=1S/C9H7NO3.C8H9NO2/c1-13-9(12)7-4-2-3-5-8(7)10-6-11;1-11-8(10)6-4-2-3-5-7(6)9/h2-5H,1H3;2-5H,9H2,1H3. The van der Waals surface area contributed by atoms with Crippen LogP contribution in [0.5, 0.6) is 0 Å². The molecule has 7 nitrogen and oxygen atoms in total. The molecule has 2 aromatic carbocycles. The number of aliphatic imine (C=N–C) groups is 1. The Morgan fingerprint density at radius 1 is 0.917 bits per heavy atom. The molecule has 0 saturated carbocycles. The molecule has 7 heteroatoms. The summed E-state index contributed by atoms with van der Waals surface area (Å²) in [7, 11) is 2.60. The molecule has 124 valence electrons. The number of nitrogens with zero attached hydrogens (tertiary/aromatic N) is 1. The highest BCUT2D eigenvalue weighted by Crippen LogP contribution is 2.18. The van der Waals surface area contributed by atoms with Gasteiger partial charge in [0.2, 0.25) is 6.08 Å². The number of hydrogen-bond donors (Lipinski definition) is 1. The van der Waals surface area contributed by atoms with E-state index in [9.17, 15) is 14.4 Å². The van der Waals surface area contributed by atoms with E-state index >= 15 is 0 Å². The second kappa shape index (κ2) is 9.55. The van der Waals surface area contributed by atoms with Gasteiger partial charge in [0.15, 0.2) is 0 Å². The van der Waals surface area contributed by atoms with Crippen LogP contribution in [-0.4, -0.2) is 32.2 Å². The van der Waals surface area contributed by atoms with Crippen LogP contribution in [0, 0.1) is 0 Å². The van der Waals surface area contributed by atoms with Crippen molar-refractivity contribution in [3.05, 3.63) is 59.7 Å². The fraction of sp³-hybridized carbons (Fsp3) is 0.118. The van der Waals surface area contributed by atoms with E-state index in [0.29, 0.717) is 11.3 Å². The summed E-state index contributed by atoms with van der Waals surface area (Å²) in [4.78, 5) is 35.4. The zero-order valence-electron chi connectivity index (χ0n) is 13.2. The van der Waals surface area contributed by atoms with Crippen molar-refractivity contribution in [2.45, 2.75) is 0 Å². The van der Waals surface area contributed by atoms with Gasteiger partial charge in [-0.15, -0.1) is 0 Å². The molecule has 0 heterocycles. The number of anilines is 1. The van der Waals surface area contributed by atoms with Crippen LogP contribution in [0.2, 0.25) is 0 Å². The van der Waals surface area contributed by atoms with Crippen LogP contribution in [0.25, 0.3) is 0 Å². The number of nitrogens with two attached hydrogens (primary N) is 1. The normalized spacial score (nSPS) is 8.92. The van der Waals surface area contributed by atoms with Crippen LogP contribution in [0.4, 0.5) is 11.4 Å². The minimum Gasteiger partial charge on any atom is -0.465 e. The minimum absolute atomic E-state index is 0.258. The van der Waals surface area contributed by atoms with Gasteiger partial charge in [0, 0.05) is 5.69 Å². The Kier molecular flexibility index (Phi) is 7.41. The number of hydrogen-bond acceptors (Lipinski definition) is 7. The van der Waals surface area contributed by atoms with Gasteiger partial charge in [-0.3, -0.25) is 0 Å². The quantitative estimate of drug-likeness (QED) is 0.401. The van der Waals surface area contributed by atoms with Gasteiger partial charge >= 0.3 is 11.9 Å². The Morgan fingerprint density at radius 2 is 1.42 bits per heavy atom. The molecule has 2 rings (SSSR count). The molecule has 0 saturated heterocycles. The molecule has 0 aromatic heterocycles. The van der Waals surface area contributed by atoms with Gasteiger partial charge in [0.25, 0.3) is 0 Å². The molecule has 2 N–H and O–H groups in total. The van der Waals surface area contributed by atoms with E-state index in [2.05, 4.69) is 14.5 Å². The van der Waals surface area contributed by atoms with Crippen LogP contribution < -0.4 is 5.73 Å². The summed E-state index contributed by atoms with van der Waals surface area (Å²) in [5, 5.41) is 0. The van der Waals surface area contributed by atoms with Gasteiger partial charge in [0.05, 0.1) is 31.0 Å². The first-order chi connectivity index (χ1) is 11.5. The number of methoxy groups -OCH3 is 2. The lowest BCUT2D eigenvalue weighted by molar-refractivity contribution is 0.0593. The first-order valence-electron chi connectivity index (χ1n) is 6.73. The van der Waals surface area contributed by atoms with E-state index in [1.807, 2.05) is 0 Å². The van der Waals surface area contributed by atoms with Crippen molar-refractivity contribution in [1.82, 2.24) is 0 Å². The van der Waals surface area contributed by atoms with E-state index in [1.165, 1.54) is 32.4 Å². The maximum Gasteiger partial charge on any atom is 0.340 e. The number of nitrogen functional groups attached to an aromatic ring is 1. The first kappa shape index (κ1) is 18.6. The minimum atomic E-state index is -0.519. The van der Waals surface area contributed by atoms with Gasteiger partial charge in [-0.2, -0.15) is 4.99 Å².